The molecule has 1 aliphatic heterocycles. The Kier molecular flexibility index (Phi) is 4.93. The Hall–Kier alpha value is -1.79. The summed E-state index contributed by atoms with van der Waals surface area (Å²) < 4.78 is 40.9. The summed E-state index contributed by atoms with van der Waals surface area (Å²) in [7, 11) is 0. The molecular weight excluding hydrogens is 329 g/mol. The van der Waals surface area contributed by atoms with Crippen LogP contribution in [0, 0.1) is 13.8 Å². The van der Waals surface area contributed by atoms with Gasteiger partial charge in [-0.2, -0.15) is 13.2 Å². The number of piperidine rings is 1. The topological polar surface area (TPSA) is 28.4 Å². The Morgan fingerprint density at radius 2 is 1.96 bits per heavy atom. The van der Waals surface area contributed by atoms with Crippen LogP contribution in [0.3, 0.4) is 0 Å². The molecule has 136 valence electrons. The number of hydrogen-bond acceptors (Lipinski definition) is 2. The Morgan fingerprint density at radius 1 is 1.20 bits per heavy atom. The zero-order valence-corrected chi connectivity index (χ0v) is 14.5. The first-order chi connectivity index (χ1) is 11.8. The summed E-state index contributed by atoms with van der Waals surface area (Å²) in [5, 5.41) is 9.82. The van der Waals surface area contributed by atoms with E-state index in [0.29, 0.717) is 18.8 Å². The van der Waals surface area contributed by atoms with Gasteiger partial charge in [-0.1, -0.05) is 6.07 Å². The number of aromatic nitrogens is 1. The highest BCUT2D eigenvalue weighted by atomic mass is 19.4. The lowest BCUT2D eigenvalue weighted by atomic mass is 10.1. The fourth-order valence-corrected chi connectivity index (χ4v) is 3.62. The van der Waals surface area contributed by atoms with Crippen molar-refractivity contribution in [2.75, 3.05) is 13.1 Å². The predicted molar refractivity (Wildman–Crippen MR) is 90.8 cm³/mol. The maximum atomic E-state index is 13.0. The zero-order chi connectivity index (χ0) is 18.2. The number of hydrogen-bond donors (Lipinski definition) is 1. The molecule has 25 heavy (non-hydrogen) atoms. The third-order valence-corrected chi connectivity index (χ3v) is 4.84. The standard InChI is InChI=1S/C19H23F3N2O/c1-13-9-15(11-23-8-4-7-18(25)12-23)14(2)24(13)17-6-3-5-16(10-17)19(20,21)22/h3,5-6,9-10,18,25H,4,7-8,11-12H2,1-2H3. The zero-order valence-electron chi connectivity index (χ0n) is 14.5. The molecule has 1 atom stereocenters. The van der Waals surface area contributed by atoms with Crippen molar-refractivity contribution in [2.24, 2.45) is 0 Å². The van der Waals surface area contributed by atoms with E-state index in [9.17, 15) is 18.3 Å². The minimum absolute atomic E-state index is 0.291. The maximum absolute atomic E-state index is 13.0. The second kappa shape index (κ2) is 6.84. The summed E-state index contributed by atoms with van der Waals surface area (Å²) in [5.41, 5.74) is 2.82. The van der Waals surface area contributed by atoms with Crippen LogP contribution in [-0.4, -0.2) is 33.8 Å². The van der Waals surface area contributed by atoms with Gasteiger partial charge in [0.1, 0.15) is 0 Å². The molecule has 1 unspecified atom stereocenters. The van der Waals surface area contributed by atoms with Gasteiger partial charge in [0.05, 0.1) is 11.7 Å². The number of aliphatic hydroxyl groups excluding tert-OH is 1. The van der Waals surface area contributed by atoms with E-state index < -0.39 is 11.7 Å². The summed E-state index contributed by atoms with van der Waals surface area (Å²) in [6.07, 6.45) is -2.84. The highest BCUT2D eigenvalue weighted by Gasteiger charge is 2.30. The molecule has 1 aromatic heterocycles. The lowest BCUT2D eigenvalue weighted by Crippen LogP contribution is -2.37. The minimum atomic E-state index is -4.35. The van der Waals surface area contributed by atoms with Crippen molar-refractivity contribution in [3.8, 4) is 5.69 Å². The van der Waals surface area contributed by atoms with E-state index in [2.05, 4.69) is 4.90 Å². The molecule has 0 spiro atoms. The van der Waals surface area contributed by atoms with E-state index in [1.54, 1.807) is 6.07 Å². The Balaban J connectivity index is 1.90. The maximum Gasteiger partial charge on any atom is 0.416 e. The highest BCUT2D eigenvalue weighted by Crippen LogP contribution is 2.31. The molecule has 1 aromatic carbocycles. The molecule has 1 fully saturated rings. The van der Waals surface area contributed by atoms with Gasteiger partial charge in [0.2, 0.25) is 0 Å². The fraction of sp³-hybridized carbons (Fsp3) is 0.474. The lowest BCUT2D eigenvalue weighted by molar-refractivity contribution is -0.137. The van der Waals surface area contributed by atoms with Crippen molar-refractivity contribution in [3.05, 3.63) is 52.8 Å². The van der Waals surface area contributed by atoms with E-state index in [0.717, 1.165) is 42.4 Å². The number of nitrogens with zero attached hydrogens (tertiary/aromatic N) is 2. The van der Waals surface area contributed by atoms with E-state index in [4.69, 9.17) is 0 Å². The molecule has 1 aliphatic rings. The van der Waals surface area contributed by atoms with Crippen molar-refractivity contribution < 1.29 is 18.3 Å². The Morgan fingerprint density at radius 3 is 2.64 bits per heavy atom. The van der Waals surface area contributed by atoms with Crippen LogP contribution in [0.2, 0.25) is 0 Å². The summed E-state index contributed by atoms with van der Waals surface area (Å²) in [5.74, 6) is 0. The number of halogens is 3. The van der Waals surface area contributed by atoms with Crippen molar-refractivity contribution in [3.63, 3.8) is 0 Å². The Bertz CT molecular complexity index is 752. The van der Waals surface area contributed by atoms with Gasteiger partial charge in [-0.05, 0) is 63.1 Å². The smallest absolute Gasteiger partial charge is 0.392 e. The molecule has 1 N–H and O–H groups in total. The first-order valence-electron chi connectivity index (χ1n) is 8.51. The summed E-state index contributed by atoms with van der Waals surface area (Å²) in [6.45, 7) is 6.12. The van der Waals surface area contributed by atoms with Crippen molar-refractivity contribution in [2.45, 2.75) is 45.5 Å². The van der Waals surface area contributed by atoms with Gasteiger partial charge in [-0.15, -0.1) is 0 Å². The average molecular weight is 352 g/mol. The molecule has 3 nitrogen and oxygen atoms in total. The van der Waals surface area contributed by atoms with Gasteiger partial charge in [0, 0.05) is 30.2 Å². The third-order valence-electron chi connectivity index (χ3n) is 4.84. The van der Waals surface area contributed by atoms with E-state index >= 15 is 0 Å². The summed E-state index contributed by atoms with van der Waals surface area (Å²) >= 11 is 0. The monoisotopic (exact) mass is 352 g/mol. The van der Waals surface area contributed by atoms with Crippen LogP contribution in [0.4, 0.5) is 13.2 Å². The first kappa shape index (κ1) is 18.0. The number of likely N-dealkylation sites (tertiary alicyclic amines) is 1. The molecule has 1 saturated heterocycles. The summed E-state index contributed by atoms with van der Waals surface area (Å²) in [4.78, 5) is 2.20. The van der Waals surface area contributed by atoms with Crippen molar-refractivity contribution in [1.29, 1.82) is 0 Å². The van der Waals surface area contributed by atoms with Gasteiger partial charge in [-0.3, -0.25) is 4.90 Å². The Labute approximate surface area is 145 Å². The van der Waals surface area contributed by atoms with E-state index in [-0.39, 0.29) is 6.10 Å². The third kappa shape index (κ3) is 3.90. The normalized spacial score (nSPS) is 19.4. The fourth-order valence-electron chi connectivity index (χ4n) is 3.62. The highest BCUT2D eigenvalue weighted by molar-refractivity contribution is 5.43. The van der Waals surface area contributed by atoms with Crippen molar-refractivity contribution in [1.82, 2.24) is 9.47 Å². The number of rotatable bonds is 3. The molecule has 0 aliphatic carbocycles. The van der Waals surface area contributed by atoms with Crippen LogP contribution in [0.25, 0.3) is 5.69 Å². The second-order valence-corrected chi connectivity index (χ2v) is 6.81. The SMILES string of the molecule is Cc1cc(CN2CCCC(O)C2)c(C)n1-c1cccc(C(F)(F)F)c1. The molecule has 6 heteroatoms. The number of benzene rings is 1. The summed E-state index contributed by atoms with van der Waals surface area (Å²) in [6, 6.07) is 7.44. The van der Waals surface area contributed by atoms with Crippen LogP contribution in [0.5, 0.6) is 0 Å². The van der Waals surface area contributed by atoms with Crippen LogP contribution in [0.1, 0.15) is 35.4 Å². The largest absolute Gasteiger partial charge is 0.416 e. The van der Waals surface area contributed by atoms with Crippen LogP contribution in [-0.2, 0) is 12.7 Å². The molecular formula is C19H23F3N2O. The van der Waals surface area contributed by atoms with Crippen LogP contribution < -0.4 is 0 Å². The second-order valence-electron chi connectivity index (χ2n) is 6.81. The molecule has 3 rings (SSSR count). The number of aliphatic hydroxyl groups is 1. The van der Waals surface area contributed by atoms with Gasteiger partial charge in [0.25, 0.3) is 0 Å². The quantitative estimate of drug-likeness (QED) is 0.902. The van der Waals surface area contributed by atoms with Gasteiger partial charge >= 0.3 is 6.18 Å². The molecule has 0 radical (unpaired) electrons. The number of alkyl halides is 3. The van der Waals surface area contributed by atoms with Gasteiger partial charge < -0.3 is 9.67 Å². The molecule has 2 aromatic rings. The van der Waals surface area contributed by atoms with Crippen molar-refractivity contribution >= 4 is 0 Å². The van der Waals surface area contributed by atoms with E-state index in [1.165, 1.54) is 12.1 Å². The van der Waals surface area contributed by atoms with E-state index in [1.807, 2.05) is 24.5 Å². The molecule has 2 heterocycles. The molecule has 0 bridgehead atoms. The van der Waals surface area contributed by atoms with Gasteiger partial charge in [0.15, 0.2) is 0 Å². The molecule has 0 saturated carbocycles. The minimum Gasteiger partial charge on any atom is -0.392 e. The molecule has 0 amide bonds. The number of aryl methyl sites for hydroxylation is 1. The predicted octanol–water partition coefficient (Wildman–Crippen LogP) is 4.07. The lowest BCUT2D eigenvalue weighted by Gasteiger charge is -2.29. The average Bonchev–Trinajstić information content (AvgIpc) is 2.81. The van der Waals surface area contributed by atoms with Gasteiger partial charge in [-0.25, -0.2) is 0 Å². The van der Waals surface area contributed by atoms with Crippen LogP contribution in [0.15, 0.2) is 30.3 Å². The number of β-amino-alcohol motifs (C(OH)–C–C–N with tert-alkyl or cyclic N) is 1. The van der Waals surface area contributed by atoms with Crippen LogP contribution >= 0.6 is 0 Å². The first-order valence-corrected chi connectivity index (χ1v) is 8.51.